The fraction of sp³-hybridized carbons (Fsp3) is 0.900. The summed E-state index contributed by atoms with van der Waals surface area (Å²) >= 11 is 0. The fourth-order valence-corrected chi connectivity index (χ4v) is 2.62. The molecule has 5 nitrogen and oxygen atoms in total. The van der Waals surface area contributed by atoms with Crippen molar-refractivity contribution in [3.8, 4) is 0 Å². The molecular formula is C10H19NO4S. The van der Waals surface area contributed by atoms with Crippen molar-refractivity contribution < 1.29 is 18.3 Å². The third-order valence-corrected chi connectivity index (χ3v) is 3.57. The van der Waals surface area contributed by atoms with E-state index in [9.17, 15) is 18.3 Å². The quantitative estimate of drug-likeness (QED) is 0.751. The monoisotopic (exact) mass is 249 g/mol. The van der Waals surface area contributed by atoms with Crippen molar-refractivity contribution in [3.05, 3.63) is 0 Å². The van der Waals surface area contributed by atoms with Crippen molar-refractivity contribution in [2.45, 2.75) is 31.7 Å². The number of rotatable bonds is 3. The zero-order valence-electron chi connectivity index (χ0n) is 9.55. The Hall–Kier alpha value is -0.620. The van der Waals surface area contributed by atoms with Crippen molar-refractivity contribution in [1.29, 1.82) is 0 Å². The van der Waals surface area contributed by atoms with Gasteiger partial charge in [-0.05, 0) is 12.8 Å². The van der Waals surface area contributed by atoms with Crippen molar-refractivity contribution in [3.63, 3.8) is 0 Å². The minimum Gasteiger partial charge on any atom is -0.394 e. The molecule has 1 rings (SSSR count). The highest BCUT2D eigenvalue weighted by molar-refractivity contribution is 7.91. The van der Waals surface area contributed by atoms with Crippen LogP contribution >= 0.6 is 0 Å². The summed E-state index contributed by atoms with van der Waals surface area (Å²) in [4.78, 5) is 13.3. The molecule has 1 amide bonds. The molecule has 1 unspecified atom stereocenters. The lowest BCUT2D eigenvalue weighted by atomic mass is 10.1. The topological polar surface area (TPSA) is 74.7 Å². The molecule has 0 aromatic heterocycles. The van der Waals surface area contributed by atoms with E-state index in [1.54, 1.807) is 0 Å². The molecule has 1 heterocycles. The second-order valence-electron chi connectivity index (χ2n) is 4.34. The first kappa shape index (κ1) is 13.4. The van der Waals surface area contributed by atoms with Crippen LogP contribution in [0.5, 0.6) is 0 Å². The van der Waals surface area contributed by atoms with Crippen LogP contribution in [-0.2, 0) is 14.6 Å². The summed E-state index contributed by atoms with van der Waals surface area (Å²) in [5.41, 5.74) is 0. The van der Waals surface area contributed by atoms with Crippen molar-refractivity contribution >= 4 is 15.7 Å². The van der Waals surface area contributed by atoms with Gasteiger partial charge in [0, 0.05) is 12.8 Å². The molecule has 0 bridgehead atoms. The Morgan fingerprint density at radius 2 is 2.06 bits per heavy atom. The Morgan fingerprint density at radius 1 is 1.38 bits per heavy atom. The van der Waals surface area contributed by atoms with E-state index in [2.05, 4.69) is 0 Å². The third-order valence-electron chi connectivity index (χ3n) is 2.79. The Balaban J connectivity index is 2.70. The molecule has 1 aliphatic rings. The lowest BCUT2D eigenvalue weighted by Gasteiger charge is -2.28. The minimum atomic E-state index is -3.29. The predicted molar refractivity (Wildman–Crippen MR) is 60.8 cm³/mol. The summed E-state index contributed by atoms with van der Waals surface area (Å²) < 4.78 is 22.1. The number of sulfone groups is 1. The number of likely N-dealkylation sites (tertiary alicyclic amines) is 1. The van der Waals surface area contributed by atoms with Crippen LogP contribution in [0.15, 0.2) is 0 Å². The average Bonchev–Trinajstić information content (AvgIpc) is 2.39. The van der Waals surface area contributed by atoms with Gasteiger partial charge in [0.2, 0.25) is 5.91 Å². The van der Waals surface area contributed by atoms with Gasteiger partial charge in [0.25, 0.3) is 0 Å². The molecule has 0 aromatic carbocycles. The first-order chi connectivity index (χ1) is 7.44. The fourth-order valence-electron chi connectivity index (χ4n) is 2.00. The number of amides is 1. The summed E-state index contributed by atoms with van der Waals surface area (Å²) in [6.45, 7) is 0.467. The molecular weight excluding hydrogens is 230 g/mol. The molecule has 1 atom stereocenters. The van der Waals surface area contributed by atoms with Gasteiger partial charge >= 0.3 is 0 Å². The van der Waals surface area contributed by atoms with Crippen LogP contribution in [0, 0.1) is 0 Å². The van der Waals surface area contributed by atoms with Crippen molar-refractivity contribution in [2.24, 2.45) is 0 Å². The largest absolute Gasteiger partial charge is 0.394 e. The molecule has 6 heteroatoms. The number of carbonyl (C=O) groups excluding carboxylic acids is 1. The standard InChI is InChI=1S/C10H19NO4S/c1-16(14,15)8-10(13)11-6-4-2-3-5-9(11)7-12/h9,12H,2-8H2,1H3. The van der Waals surface area contributed by atoms with Crippen molar-refractivity contribution in [1.82, 2.24) is 4.90 Å². The maximum atomic E-state index is 11.8. The molecule has 0 saturated carbocycles. The van der Waals surface area contributed by atoms with E-state index in [4.69, 9.17) is 0 Å². The summed E-state index contributed by atoms with van der Waals surface area (Å²) in [5.74, 6) is -0.841. The number of nitrogens with zero attached hydrogens (tertiary/aromatic N) is 1. The van der Waals surface area contributed by atoms with E-state index >= 15 is 0 Å². The molecule has 0 aliphatic carbocycles. The van der Waals surface area contributed by atoms with Gasteiger partial charge < -0.3 is 10.0 Å². The molecule has 1 aliphatic heterocycles. The minimum absolute atomic E-state index is 0.0878. The third kappa shape index (κ3) is 4.09. The van der Waals surface area contributed by atoms with Crippen LogP contribution in [0.4, 0.5) is 0 Å². The van der Waals surface area contributed by atoms with Crippen LogP contribution in [0.2, 0.25) is 0 Å². The molecule has 1 N–H and O–H groups in total. The van der Waals surface area contributed by atoms with Crippen LogP contribution in [0.1, 0.15) is 25.7 Å². The van der Waals surface area contributed by atoms with Gasteiger partial charge in [-0.1, -0.05) is 12.8 Å². The first-order valence-corrected chi connectivity index (χ1v) is 7.58. The van der Waals surface area contributed by atoms with Crippen LogP contribution < -0.4 is 0 Å². The zero-order chi connectivity index (χ0) is 12.2. The molecule has 94 valence electrons. The normalized spacial score (nSPS) is 22.9. The highest BCUT2D eigenvalue weighted by Gasteiger charge is 2.26. The van der Waals surface area contributed by atoms with Gasteiger partial charge in [-0.2, -0.15) is 0 Å². The number of aliphatic hydroxyl groups is 1. The van der Waals surface area contributed by atoms with Gasteiger partial charge in [0.15, 0.2) is 9.84 Å². The summed E-state index contributed by atoms with van der Waals surface area (Å²) in [6, 6.07) is -0.211. The smallest absolute Gasteiger partial charge is 0.238 e. The first-order valence-electron chi connectivity index (χ1n) is 5.52. The number of hydrogen-bond donors (Lipinski definition) is 1. The molecule has 1 saturated heterocycles. The van der Waals surface area contributed by atoms with Gasteiger partial charge in [-0.15, -0.1) is 0 Å². The van der Waals surface area contributed by atoms with Gasteiger partial charge in [0.1, 0.15) is 5.75 Å². The molecule has 0 spiro atoms. The molecule has 1 fully saturated rings. The van der Waals surface area contributed by atoms with Crippen molar-refractivity contribution in [2.75, 3.05) is 25.2 Å². The Bertz CT molecular complexity index is 339. The van der Waals surface area contributed by atoms with Crippen LogP contribution in [0.25, 0.3) is 0 Å². The van der Waals surface area contributed by atoms with Gasteiger partial charge in [-0.3, -0.25) is 4.79 Å². The van der Waals surface area contributed by atoms with E-state index in [-0.39, 0.29) is 18.6 Å². The predicted octanol–water partition coefficient (Wildman–Crippen LogP) is -0.206. The van der Waals surface area contributed by atoms with Crippen LogP contribution in [-0.4, -0.2) is 55.5 Å². The molecule has 0 aromatic rings. The lowest BCUT2D eigenvalue weighted by molar-refractivity contribution is -0.131. The second kappa shape index (κ2) is 5.63. The van der Waals surface area contributed by atoms with E-state index in [1.807, 2.05) is 0 Å². The number of hydrogen-bond acceptors (Lipinski definition) is 4. The summed E-state index contributed by atoms with van der Waals surface area (Å²) in [5, 5.41) is 9.19. The lowest BCUT2D eigenvalue weighted by Crippen LogP contribution is -2.44. The average molecular weight is 249 g/mol. The maximum Gasteiger partial charge on any atom is 0.238 e. The highest BCUT2D eigenvalue weighted by Crippen LogP contribution is 2.16. The number of carbonyl (C=O) groups is 1. The Labute approximate surface area is 96.4 Å². The summed E-state index contributed by atoms with van der Waals surface area (Å²) in [7, 11) is -3.29. The Morgan fingerprint density at radius 3 is 2.62 bits per heavy atom. The maximum absolute atomic E-state index is 11.8. The zero-order valence-corrected chi connectivity index (χ0v) is 10.4. The second-order valence-corrected chi connectivity index (χ2v) is 6.48. The van der Waals surface area contributed by atoms with Gasteiger partial charge in [-0.25, -0.2) is 8.42 Å². The molecule has 16 heavy (non-hydrogen) atoms. The molecule has 0 radical (unpaired) electrons. The van der Waals surface area contributed by atoms with E-state index < -0.39 is 15.6 Å². The number of aliphatic hydroxyl groups excluding tert-OH is 1. The van der Waals surface area contributed by atoms with Crippen LogP contribution in [0.3, 0.4) is 0 Å². The summed E-state index contributed by atoms with van der Waals surface area (Å²) in [6.07, 6.45) is 4.70. The highest BCUT2D eigenvalue weighted by atomic mass is 32.2. The van der Waals surface area contributed by atoms with E-state index in [0.29, 0.717) is 6.54 Å². The SMILES string of the molecule is CS(=O)(=O)CC(=O)N1CCCCCC1CO. The van der Waals surface area contributed by atoms with E-state index in [1.165, 1.54) is 4.90 Å². The van der Waals surface area contributed by atoms with Gasteiger partial charge in [0.05, 0.1) is 12.6 Å². The van der Waals surface area contributed by atoms with E-state index in [0.717, 1.165) is 31.9 Å². The Kier molecular flexibility index (Phi) is 4.73.